The largest absolute Gasteiger partial charge is 0.497 e. The van der Waals surface area contributed by atoms with Gasteiger partial charge >= 0.3 is 28.8 Å². The standard InChI is InChI=1S/C21H19ClO2.3C17H26N2O6.C16H24N2O7.C11H14N2O4.C6H12O/c1-23-19-12-8-17(9-13-19)21(22,16-6-4-3-5-7-16)18-10-14-20(24-2)15-11-18;3*1-4-10-13(20)14(24-12-7-5-6-11(12)23-3)16(25-10)19-8-9(2)15(21)18-17(19)22;1-8-6-18(16(22)17-14(8)21)15-13(12(20)11(7-19)25-15)24-10-5-3-4-9(10)23-2;1-3-6-7(14)8-10(16-6)13-4-5(2)9(15)12-11(13)17-8;1-5-3-2-4-6(5)7/h3-15H,1-2H3;3*8,10-14,16,20H,4-7H2,1-3H3,(H,18,21,22);6,9-13,15,19-20H,3-5,7H2,1-2H3,(H,17,21,22);4,6-8,10,14H,3H2,1-2H3;5-7H,2-4H2,1H3/t;3*10?,11?,12-,13?,14?,16?;9?,10-,11?,12?,13?,15?;;/m.0000../s1. The number of aliphatic hydroxyl groups excluding tert-OH is 7. The molecule has 5 aromatic heterocycles. The van der Waals surface area contributed by atoms with Crippen molar-refractivity contribution in [3.63, 3.8) is 0 Å². The van der Waals surface area contributed by atoms with Crippen molar-refractivity contribution >= 4 is 11.6 Å². The molecule has 3 aromatic carbocycles. The fourth-order valence-corrected chi connectivity index (χ4v) is 21.4. The molecule has 10 fully saturated rings. The van der Waals surface area contributed by atoms with Gasteiger partial charge in [0.25, 0.3) is 27.8 Å². The minimum atomic E-state index is -1.10. The molecule has 5 saturated heterocycles. The lowest BCUT2D eigenvalue weighted by Gasteiger charge is -2.29. The average Bonchev–Trinajstić information content (AvgIpc) is 1.67. The third kappa shape index (κ3) is 26.2. The van der Waals surface area contributed by atoms with Crippen LogP contribution in [0.2, 0.25) is 0 Å². The van der Waals surface area contributed by atoms with Crippen molar-refractivity contribution in [1.29, 1.82) is 0 Å². The highest BCUT2D eigenvalue weighted by Gasteiger charge is 2.55. The lowest BCUT2D eigenvalue weighted by molar-refractivity contribution is -0.130. The second-order valence-electron chi connectivity index (χ2n) is 39.3. The fraction of sp³-hybridized carbons (Fsp3) is 0.638. The highest BCUT2D eigenvalue weighted by atomic mass is 35.5. The molecule has 148 heavy (non-hydrogen) atoms. The van der Waals surface area contributed by atoms with Crippen molar-refractivity contribution in [2.24, 2.45) is 5.92 Å². The minimum absolute atomic E-state index is 0.0139. The first-order valence-corrected chi connectivity index (χ1v) is 51.6. The molecule has 30 atom stereocenters. The molecule has 19 rings (SSSR count). The van der Waals surface area contributed by atoms with Crippen LogP contribution in [0.15, 0.2) is 153 Å². The summed E-state index contributed by atoms with van der Waals surface area (Å²) in [6, 6.07) is 26.0. The van der Waals surface area contributed by atoms with Crippen LogP contribution in [0.4, 0.5) is 0 Å². The number of aliphatic hydroxyl groups is 7. The number of alkyl halides is 1. The van der Waals surface area contributed by atoms with E-state index < -0.39 is 167 Å². The molecule has 816 valence electrons. The maximum Gasteiger partial charge on any atom is 0.330 e. The molecule has 0 radical (unpaired) electrons. The monoisotopic (exact) mass is 2090 g/mol. The number of methoxy groups -OCH3 is 6. The summed E-state index contributed by atoms with van der Waals surface area (Å²) in [5, 5.41) is 70.8. The number of nitrogens with one attached hydrogen (secondary N) is 4. The van der Waals surface area contributed by atoms with Crippen molar-refractivity contribution in [3.05, 3.63) is 248 Å². The molecule has 26 unspecified atom stereocenters. The number of H-pyrrole nitrogens is 4. The fourth-order valence-electron chi connectivity index (χ4n) is 21.0. The number of nitrogens with zero attached hydrogens (tertiary/aromatic N) is 6. The van der Waals surface area contributed by atoms with Gasteiger partial charge in [-0.2, -0.15) is 4.98 Å². The molecule has 0 amide bonds. The quantitative estimate of drug-likeness (QED) is 0.0195. The van der Waals surface area contributed by atoms with Crippen molar-refractivity contribution in [2.75, 3.05) is 49.3 Å². The molecule has 43 heteroatoms. The van der Waals surface area contributed by atoms with Gasteiger partial charge in [-0.15, -0.1) is 11.6 Å². The maximum atomic E-state index is 12.2. The molecule has 11 heterocycles. The number of rotatable bonds is 26. The SMILES string of the molecule is CC1CCCC1O.CCC1OC(n2cc(C)c(=O)[nH]c2=O)C(O[C@H]2CCCC2OC)C1O.CCC1OC(n2cc(C)c(=O)[nH]c2=O)C(O[C@H]2CCCC2OC)C1O.CCC1OC(n2cc(C)c(=O)[nH]c2=O)C(O[C@H]2CCCC2OC)C1O.CCC1OC2C(Oc3nc(=O)c(C)cn32)C1O.COC1CCC[C@@H]1OC1C(O)C(CO)OC1n1cc(C)c(=O)[nH]c1=O.COc1ccc(C(Cl)(c2ccccc2)c2ccc(OC)cc2)cc1. The van der Waals surface area contributed by atoms with Gasteiger partial charge in [0.15, 0.2) is 37.2 Å². The molecule has 6 aliphatic heterocycles. The molecule has 11 N–H and O–H groups in total. The highest BCUT2D eigenvalue weighted by molar-refractivity contribution is 6.28. The van der Waals surface area contributed by atoms with E-state index in [0.29, 0.717) is 53.0 Å². The lowest BCUT2D eigenvalue weighted by atomic mass is 9.84. The first-order valence-electron chi connectivity index (χ1n) is 51.2. The summed E-state index contributed by atoms with van der Waals surface area (Å²) in [5.74, 6) is 2.18. The summed E-state index contributed by atoms with van der Waals surface area (Å²) < 4.78 is 98.2. The zero-order valence-electron chi connectivity index (χ0n) is 86.8. The van der Waals surface area contributed by atoms with Gasteiger partial charge in [0.2, 0.25) is 0 Å². The van der Waals surface area contributed by atoms with Gasteiger partial charge < -0.3 is 112 Å². The van der Waals surface area contributed by atoms with E-state index in [2.05, 4.69) is 31.8 Å². The molecule has 0 spiro atoms. The van der Waals surface area contributed by atoms with Crippen LogP contribution in [0.5, 0.6) is 17.5 Å². The zero-order chi connectivity index (χ0) is 107. The number of hydrogen-bond acceptors (Lipinski definition) is 33. The summed E-state index contributed by atoms with van der Waals surface area (Å²) >= 11 is 7.22. The maximum absolute atomic E-state index is 12.2. The predicted octanol–water partition coefficient (Wildman–Crippen LogP) is 6.83. The van der Waals surface area contributed by atoms with Crippen LogP contribution >= 0.6 is 11.6 Å². The number of hydrogen-bond donors (Lipinski definition) is 11. The first-order chi connectivity index (χ1) is 70.9. The van der Waals surface area contributed by atoms with E-state index in [4.69, 9.17) is 92.5 Å². The number of aryl methyl sites for hydroxylation is 5. The summed E-state index contributed by atoms with van der Waals surface area (Å²) in [7, 11) is 9.87. The zero-order valence-corrected chi connectivity index (χ0v) is 87.5. The van der Waals surface area contributed by atoms with Crippen LogP contribution in [0.25, 0.3) is 0 Å². The Morgan fingerprint density at radius 3 is 0.932 bits per heavy atom. The Balaban J connectivity index is 0.000000147. The van der Waals surface area contributed by atoms with Gasteiger partial charge in [0.05, 0.1) is 100 Å². The van der Waals surface area contributed by atoms with Crippen molar-refractivity contribution < 1.29 is 112 Å². The number of fused-ring (bicyclic) bond motifs is 3. The number of benzene rings is 3. The second-order valence-corrected chi connectivity index (χ2v) is 39.9. The van der Waals surface area contributed by atoms with E-state index >= 15 is 0 Å². The first kappa shape index (κ1) is 115. The van der Waals surface area contributed by atoms with Gasteiger partial charge in [0.1, 0.15) is 77.4 Å². The number of ether oxygens (including phenoxy) is 16. The van der Waals surface area contributed by atoms with Gasteiger partial charge in [-0.3, -0.25) is 66.7 Å². The van der Waals surface area contributed by atoms with E-state index in [-0.39, 0.29) is 78.8 Å². The van der Waals surface area contributed by atoms with Crippen LogP contribution in [-0.2, 0) is 66.5 Å². The summed E-state index contributed by atoms with van der Waals surface area (Å²) in [5.41, 5.74) is 0.581. The van der Waals surface area contributed by atoms with Crippen LogP contribution in [0.3, 0.4) is 0 Å². The van der Waals surface area contributed by atoms with Crippen LogP contribution in [0.1, 0.15) is 232 Å². The Morgan fingerprint density at radius 1 is 0.365 bits per heavy atom. The molecule has 8 aromatic rings. The lowest BCUT2D eigenvalue weighted by Crippen LogP contribution is -2.43. The van der Waals surface area contributed by atoms with Crippen molar-refractivity contribution in [3.8, 4) is 17.5 Å². The third-order valence-electron chi connectivity index (χ3n) is 29.7. The van der Waals surface area contributed by atoms with Gasteiger partial charge in [-0.25, -0.2) is 19.2 Å². The van der Waals surface area contributed by atoms with E-state index in [9.17, 15) is 73.8 Å². The summed E-state index contributed by atoms with van der Waals surface area (Å²) in [4.78, 5) is 119. The Kier molecular flexibility index (Phi) is 40.9. The van der Waals surface area contributed by atoms with E-state index in [1.165, 1.54) is 55.9 Å². The average molecular weight is 2100 g/mol. The Hall–Kier alpha value is -9.85. The topological polar surface area (TPSA) is 544 Å². The Bertz CT molecular complexity index is 5660. The molecule has 0 bridgehead atoms. The summed E-state index contributed by atoms with van der Waals surface area (Å²) in [6.07, 6.45) is 9.46. The number of halogens is 1. The Morgan fingerprint density at radius 2 is 0.649 bits per heavy atom. The Labute approximate surface area is 861 Å². The molecular weight excluding hydrogens is 1950 g/mol. The smallest absolute Gasteiger partial charge is 0.330 e. The van der Waals surface area contributed by atoms with Crippen LogP contribution in [0, 0.1) is 40.5 Å². The van der Waals surface area contributed by atoms with Crippen LogP contribution in [-0.4, -0.2) is 279 Å². The molecule has 5 saturated carbocycles. The summed E-state index contributed by atoms with van der Waals surface area (Å²) in [6.45, 7) is 17.5. The number of aromatic amines is 4. The van der Waals surface area contributed by atoms with Crippen molar-refractivity contribution in [1.82, 2.24) is 47.8 Å². The molecule has 42 nitrogen and oxygen atoms in total. The predicted molar refractivity (Wildman–Crippen MR) is 540 cm³/mol. The van der Waals surface area contributed by atoms with E-state index in [0.717, 1.165) is 118 Å². The highest BCUT2D eigenvalue weighted by Crippen LogP contribution is 2.47. The van der Waals surface area contributed by atoms with Gasteiger partial charge in [0, 0.05) is 87.2 Å². The van der Waals surface area contributed by atoms with Crippen molar-refractivity contribution in [2.45, 2.75) is 374 Å². The third-order valence-corrected chi connectivity index (χ3v) is 30.4. The van der Waals surface area contributed by atoms with E-state index in [1.807, 2.05) is 107 Å². The van der Waals surface area contributed by atoms with Gasteiger partial charge in [-0.05, 0) is 197 Å². The second kappa shape index (κ2) is 52.5. The molecule has 11 aliphatic rings. The van der Waals surface area contributed by atoms with Crippen LogP contribution < -0.4 is 64.8 Å². The minimum Gasteiger partial charge on any atom is -0.497 e. The molecule has 5 aliphatic carbocycles. The normalized spacial score (nSPS) is 31.6. The number of aromatic nitrogens is 10. The molecular formula is C105H147ClN10O32. The van der Waals surface area contributed by atoms with E-state index in [1.54, 1.807) is 88.0 Å². The van der Waals surface area contributed by atoms with Gasteiger partial charge in [-0.1, -0.05) is 95.6 Å².